The highest BCUT2D eigenvalue weighted by molar-refractivity contribution is 7.89. The SMILES string of the molecule is Cc1ccc(C(=O)NCCN(C)c2ccccc2)cc1S(=O)(=O)N1CCCC1. The topological polar surface area (TPSA) is 69.7 Å². The molecule has 0 unspecified atom stereocenters. The van der Waals surface area contributed by atoms with Crippen LogP contribution in [0.5, 0.6) is 0 Å². The van der Waals surface area contributed by atoms with Crippen LogP contribution in [0.3, 0.4) is 0 Å². The Morgan fingerprint density at radius 2 is 1.79 bits per heavy atom. The van der Waals surface area contributed by atoms with Gasteiger partial charge >= 0.3 is 0 Å². The summed E-state index contributed by atoms with van der Waals surface area (Å²) < 4.78 is 27.3. The maximum atomic E-state index is 12.9. The number of nitrogens with zero attached hydrogens (tertiary/aromatic N) is 2. The van der Waals surface area contributed by atoms with E-state index in [0.29, 0.717) is 37.3 Å². The Balaban J connectivity index is 1.66. The predicted octanol–water partition coefficient (Wildman–Crippen LogP) is 2.65. The minimum Gasteiger partial charge on any atom is -0.373 e. The highest BCUT2D eigenvalue weighted by Crippen LogP contribution is 2.24. The Morgan fingerprint density at radius 1 is 1.11 bits per heavy atom. The van der Waals surface area contributed by atoms with Crippen molar-refractivity contribution in [3.8, 4) is 0 Å². The number of hydrogen-bond donors (Lipinski definition) is 1. The number of rotatable bonds is 7. The van der Waals surface area contributed by atoms with Crippen LogP contribution >= 0.6 is 0 Å². The average Bonchev–Trinajstić information content (AvgIpc) is 3.24. The Morgan fingerprint density at radius 3 is 2.46 bits per heavy atom. The van der Waals surface area contributed by atoms with Crippen molar-refractivity contribution in [1.82, 2.24) is 9.62 Å². The fourth-order valence-electron chi connectivity index (χ4n) is 3.34. The molecule has 0 aliphatic carbocycles. The van der Waals surface area contributed by atoms with Gasteiger partial charge in [0.25, 0.3) is 5.91 Å². The number of carbonyl (C=O) groups excluding carboxylic acids is 1. The fourth-order valence-corrected chi connectivity index (χ4v) is 5.11. The van der Waals surface area contributed by atoms with Gasteiger partial charge in [0.05, 0.1) is 4.90 Å². The molecule has 1 aliphatic rings. The van der Waals surface area contributed by atoms with Gasteiger partial charge in [0.2, 0.25) is 10.0 Å². The van der Waals surface area contributed by atoms with E-state index in [4.69, 9.17) is 0 Å². The lowest BCUT2D eigenvalue weighted by atomic mass is 10.1. The number of amides is 1. The summed E-state index contributed by atoms with van der Waals surface area (Å²) in [6.45, 7) is 3.97. The van der Waals surface area contributed by atoms with Crippen molar-refractivity contribution in [3.05, 3.63) is 59.7 Å². The van der Waals surface area contributed by atoms with Crippen molar-refractivity contribution in [1.29, 1.82) is 0 Å². The van der Waals surface area contributed by atoms with Gasteiger partial charge in [-0.25, -0.2) is 8.42 Å². The molecule has 0 bridgehead atoms. The van der Waals surface area contributed by atoms with Gasteiger partial charge in [-0.3, -0.25) is 4.79 Å². The van der Waals surface area contributed by atoms with Crippen molar-refractivity contribution in [3.63, 3.8) is 0 Å². The molecule has 0 spiro atoms. The van der Waals surface area contributed by atoms with E-state index in [9.17, 15) is 13.2 Å². The minimum atomic E-state index is -3.55. The van der Waals surface area contributed by atoms with E-state index in [-0.39, 0.29) is 10.8 Å². The zero-order valence-corrected chi connectivity index (χ0v) is 17.2. The van der Waals surface area contributed by atoms with Crippen molar-refractivity contribution >= 4 is 21.6 Å². The van der Waals surface area contributed by atoms with Crippen molar-refractivity contribution in [2.24, 2.45) is 0 Å². The molecule has 1 amide bonds. The van der Waals surface area contributed by atoms with Gasteiger partial charge in [0, 0.05) is 44.5 Å². The molecule has 7 heteroatoms. The lowest BCUT2D eigenvalue weighted by molar-refractivity contribution is 0.0954. The number of hydrogen-bond acceptors (Lipinski definition) is 4. The van der Waals surface area contributed by atoms with Crippen LogP contribution in [0, 0.1) is 6.92 Å². The third-order valence-corrected chi connectivity index (χ3v) is 7.10. The van der Waals surface area contributed by atoms with Crippen molar-refractivity contribution in [2.45, 2.75) is 24.7 Å². The standard InChI is InChI=1S/C21H27N3O3S/c1-17-10-11-18(16-20(17)28(26,27)24-13-6-7-14-24)21(25)22-12-15-23(2)19-8-4-3-5-9-19/h3-5,8-11,16H,6-7,12-15H2,1-2H3,(H,22,25). The van der Waals surface area contributed by atoms with Crippen LogP contribution in [-0.4, -0.2) is 51.9 Å². The summed E-state index contributed by atoms with van der Waals surface area (Å²) in [6.07, 6.45) is 1.76. The number of anilines is 1. The molecule has 0 saturated carbocycles. The highest BCUT2D eigenvalue weighted by Gasteiger charge is 2.29. The first kappa shape index (κ1) is 20.4. The lowest BCUT2D eigenvalue weighted by Gasteiger charge is -2.20. The highest BCUT2D eigenvalue weighted by atomic mass is 32.2. The maximum absolute atomic E-state index is 12.9. The Kier molecular flexibility index (Phi) is 6.36. The maximum Gasteiger partial charge on any atom is 0.251 e. The smallest absolute Gasteiger partial charge is 0.251 e. The Labute approximate surface area is 167 Å². The normalized spacial score (nSPS) is 14.8. The summed E-state index contributed by atoms with van der Waals surface area (Å²) >= 11 is 0. The third kappa shape index (κ3) is 4.54. The van der Waals surface area contributed by atoms with Crippen LogP contribution in [0.1, 0.15) is 28.8 Å². The summed E-state index contributed by atoms with van der Waals surface area (Å²) in [5.41, 5.74) is 2.10. The second-order valence-electron chi connectivity index (χ2n) is 7.10. The number of nitrogens with one attached hydrogen (secondary N) is 1. The van der Waals surface area contributed by atoms with E-state index in [1.807, 2.05) is 37.4 Å². The molecule has 6 nitrogen and oxygen atoms in total. The van der Waals surface area contributed by atoms with Crippen LogP contribution in [-0.2, 0) is 10.0 Å². The van der Waals surface area contributed by atoms with Gasteiger partial charge in [-0.15, -0.1) is 0 Å². The molecule has 0 aromatic heterocycles. The van der Waals surface area contributed by atoms with E-state index in [1.165, 1.54) is 10.4 Å². The quantitative estimate of drug-likeness (QED) is 0.774. The molecular formula is C21H27N3O3S. The summed E-state index contributed by atoms with van der Waals surface area (Å²) in [6, 6.07) is 14.8. The van der Waals surface area contributed by atoms with Crippen LogP contribution in [0.4, 0.5) is 5.69 Å². The second kappa shape index (κ2) is 8.75. The van der Waals surface area contributed by atoms with Crippen LogP contribution in [0.15, 0.2) is 53.4 Å². The fraction of sp³-hybridized carbons (Fsp3) is 0.381. The predicted molar refractivity (Wildman–Crippen MR) is 111 cm³/mol. The van der Waals surface area contributed by atoms with Gasteiger partial charge in [-0.1, -0.05) is 24.3 Å². The average molecular weight is 402 g/mol. The molecule has 0 radical (unpaired) electrons. The summed E-state index contributed by atoms with van der Waals surface area (Å²) in [5.74, 6) is -0.265. The first-order valence-electron chi connectivity index (χ1n) is 9.55. The number of aryl methyl sites for hydroxylation is 1. The van der Waals surface area contributed by atoms with Crippen LogP contribution < -0.4 is 10.2 Å². The third-order valence-electron chi connectivity index (χ3n) is 5.06. The van der Waals surface area contributed by atoms with Crippen LogP contribution in [0.25, 0.3) is 0 Å². The first-order valence-corrected chi connectivity index (χ1v) is 11.0. The molecule has 1 aliphatic heterocycles. The second-order valence-corrected chi connectivity index (χ2v) is 9.01. The number of sulfonamides is 1. The first-order chi connectivity index (χ1) is 13.4. The molecule has 2 aromatic carbocycles. The zero-order valence-electron chi connectivity index (χ0n) is 16.4. The van der Waals surface area contributed by atoms with Gasteiger partial charge in [-0.05, 0) is 49.6 Å². The molecule has 1 heterocycles. The molecule has 28 heavy (non-hydrogen) atoms. The monoisotopic (exact) mass is 401 g/mol. The van der Waals surface area contributed by atoms with Gasteiger partial charge in [0.15, 0.2) is 0 Å². The molecule has 150 valence electrons. The molecule has 1 N–H and O–H groups in total. The minimum absolute atomic E-state index is 0.225. The zero-order chi connectivity index (χ0) is 20.1. The largest absolute Gasteiger partial charge is 0.373 e. The summed E-state index contributed by atoms with van der Waals surface area (Å²) in [7, 11) is -1.58. The van der Waals surface area contributed by atoms with Crippen LogP contribution in [0.2, 0.25) is 0 Å². The number of likely N-dealkylation sites (N-methyl/N-ethyl adjacent to an activating group) is 1. The Hall–Kier alpha value is -2.38. The molecule has 1 fully saturated rings. The molecule has 3 rings (SSSR count). The van der Waals surface area contributed by atoms with E-state index >= 15 is 0 Å². The molecule has 2 aromatic rings. The number of para-hydroxylation sites is 1. The molecular weight excluding hydrogens is 374 g/mol. The van der Waals surface area contributed by atoms with Gasteiger partial charge in [0.1, 0.15) is 0 Å². The summed E-state index contributed by atoms with van der Waals surface area (Å²) in [4.78, 5) is 14.8. The number of benzene rings is 2. The van der Waals surface area contributed by atoms with Crippen molar-refractivity contribution in [2.75, 3.05) is 38.1 Å². The van der Waals surface area contributed by atoms with E-state index in [2.05, 4.69) is 10.2 Å². The van der Waals surface area contributed by atoms with E-state index in [1.54, 1.807) is 19.1 Å². The van der Waals surface area contributed by atoms with Crippen molar-refractivity contribution < 1.29 is 13.2 Å². The number of carbonyl (C=O) groups is 1. The van der Waals surface area contributed by atoms with E-state index in [0.717, 1.165) is 18.5 Å². The molecule has 1 saturated heterocycles. The molecule has 0 atom stereocenters. The van der Waals surface area contributed by atoms with Gasteiger partial charge < -0.3 is 10.2 Å². The summed E-state index contributed by atoms with van der Waals surface area (Å²) in [5, 5.41) is 2.88. The lowest BCUT2D eigenvalue weighted by Crippen LogP contribution is -2.33. The van der Waals surface area contributed by atoms with E-state index < -0.39 is 10.0 Å². The van der Waals surface area contributed by atoms with Gasteiger partial charge in [-0.2, -0.15) is 4.31 Å². The Bertz CT molecular complexity index is 923.